The Morgan fingerprint density at radius 1 is 0.574 bits per heavy atom. The maximum atomic E-state index is 13.0. The summed E-state index contributed by atoms with van der Waals surface area (Å²) in [4.78, 5) is 126. The Labute approximate surface area is 267 Å². The van der Waals surface area contributed by atoms with Crippen LogP contribution in [0.25, 0.3) is 0 Å². The van der Waals surface area contributed by atoms with E-state index < -0.39 is 77.3 Å². The van der Waals surface area contributed by atoms with E-state index in [4.69, 9.17) is 0 Å². The minimum Gasteiger partial charge on any atom is -0.481 e. The molecule has 0 saturated carbocycles. The molecule has 4 heterocycles. The van der Waals surface area contributed by atoms with Crippen LogP contribution in [0.5, 0.6) is 0 Å². The molecule has 4 aliphatic heterocycles. The third-order valence-corrected chi connectivity index (χ3v) is 7.83. The van der Waals surface area contributed by atoms with Crippen LogP contribution in [0.4, 0.5) is 0 Å². The Morgan fingerprint density at radius 3 is 1.40 bits per heavy atom. The summed E-state index contributed by atoms with van der Waals surface area (Å²) in [7, 11) is 0. The van der Waals surface area contributed by atoms with Crippen molar-refractivity contribution in [3.8, 4) is 0 Å². The van der Waals surface area contributed by atoms with Crippen molar-refractivity contribution in [2.24, 2.45) is 0 Å². The van der Waals surface area contributed by atoms with E-state index in [1.165, 1.54) is 0 Å². The summed E-state index contributed by atoms with van der Waals surface area (Å²) in [5.41, 5.74) is 0. The van der Waals surface area contributed by atoms with Gasteiger partial charge in [-0.1, -0.05) is 0 Å². The van der Waals surface area contributed by atoms with E-state index in [9.17, 15) is 53.1 Å². The Bertz CT molecular complexity index is 1460. The molecule has 9 amide bonds. The minimum absolute atomic E-state index is 0.0197. The Kier molecular flexibility index (Phi) is 11.0. The third kappa shape index (κ3) is 8.57. The van der Waals surface area contributed by atoms with Gasteiger partial charge in [0.2, 0.25) is 5.91 Å². The number of carbonyl (C=O) groups is 10. The van der Waals surface area contributed by atoms with Crippen molar-refractivity contribution in [2.45, 2.75) is 50.2 Å². The average Bonchev–Trinajstić information content (AvgIpc) is 3.74. The van der Waals surface area contributed by atoms with Gasteiger partial charge in [0.1, 0.15) is 0 Å². The first kappa shape index (κ1) is 34.3. The molecule has 0 aliphatic carbocycles. The lowest BCUT2D eigenvalue weighted by atomic mass is 10.1. The van der Waals surface area contributed by atoms with Gasteiger partial charge in [-0.2, -0.15) is 0 Å². The Balaban J connectivity index is 1.34. The summed E-state index contributed by atoms with van der Waals surface area (Å²) < 4.78 is 0. The number of hydrogen-bond acceptors (Lipinski definition) is 11. The number of carboxylic acids is 1. The molecule has 0 fully saturated rings. The standard InChI is InChI=1S/C30H32N6O11/c37-21(3-2-19(35-26(42)8-9-27(35)43)16-33-22(38)4-5-23(33)39)32-18(1-12-30(46)47)15-31-14-13-20(36-28(44)10-11-29(36)45)17-34-24(40)6-7-25(34)41/h4-11,18-20,31H,1-3,12-17H2,(H,32,37)(H,46,47). The zero-order chi connectivity index (χ0) is 34.2. The lowest BCUT2D eigenvalue weighted by Crippen LogP contribution is -2.50. The second-order valence-electron chi connectivity index (χ2n) is 11.0. The van der Waals surface area contributed by atoms with Crippen LogP contribution in [0.3, 0.4) is 0 Å². The normalized spacial score (nSPS) is 19.3. The lowest BCUT2D eigenvalue weighted by molar-refractivity contribution is -0.145. The predicted molar refractivity (Wildman–Crippen MR) is 157 cm³/mol. The Morgan fingerprint density at radius 2 is 0.979 bits per heavy atom. The zero-order valence-electron chi connectivity index (χ0n) is 25.0. The minimum atomic E-state index is -1.11. The molecule has 0 saturated heterocycles. The predicted octanol–water partition coefficient (Wildman–Crippen LogP) is -2.47. The highest BCUT2D eigenvalue weighted by Crippen LogP contribution is 2.18. The highest BCUT2D eigenvalue weighted by atomic mass is 16.4. The fraction of sp³-hybridized carbons (Fsp3) is 0.400. The van der Waals surface area contributed by atoms with E-state index in [0.717, 1.165) is 68.2 Å². The number of nitrogens with zero attached hydrogens (tertiary/aromatic N) is 4. The van der Waals surface area contributed by atoms with E-state index >= 15 is 0 Å². The van der Waals surface area contributed by atoms with Crippen molar-refractivity contribution >= 4 is 59.1 Å². The molecule has 17 nitrogen and oxygen atoms in total. The van der Waals surface area contributed by atoms with Crippen LogP contribution in [-0.2, 0) is 47.9 Å². The third-order valence-electron chi connectivity index (χ3n) is 7.83. The fourth-order valence-corrected chi connectivity index (χ4v) is 5.46. The molecule has 3 atom stereocenters. The number of rotatable bonds is 18. The largest absolute Gasteiger partial charge is 0.481 e. The summed E-state index contributed by atoms with van der Waals surface area (Å²) >= 11 is 0. The summed E-state index contributed by atoms with van der Waals surface area (Å²) in [6.45, 7) is -0.336. The molecule has 4 aliphatic rings. The van der Waals surface area contributed by atoms with E-state index in [0.29, 0.717) is 0 Å². The molecule has 0 aromatic carbocycles. The van der Waals surface area contributed by atoms with Crippen LogP contribution in [0, 0.1) is 0 Å². The van der Waals surface area contributed by atoms with Gasteiger partial charge in [0.25, 0.3) is 47.3 Å². The van der Waals surface area contributed by atoms with Crippen LogP contribution in [0.1, 0.15) is 32.1 Å². The van der Waals surface area contributed by atoms with E-state index in [1.54, 1.807) is 0 Å². The molecule has 0 aromatic rings. The first-order chi connectivity index (χ1) is 22.3. The maximum absolute atomic E-state index is 13.0. The zero-order valence-corrected chi connectivity index (χ0v) is 25.0. The monoisotopic (exact) mass is 652 g/mol. The summed E-state index contributed by atoms with van der Waals surface area (Å²) in [5, 5.41) is 15.0. The molecule has 0 spiro atoms. The molecule has 17 heteroatoms. The number of carboxylic acid groups (broad SMARTS) is 1. The van der Waals surface area contributed by atoms with E-state index in [-0.39, 0.29) is 58.3 Å². The van der Waals surface area contributed by atoms with Gasteiger partial charge in [0, 0.05) is 74.0 Å². The molecule has 248 valence electrons. The van der Waals surface area contributed by atoms with Crippen molar-refractivity contribution in [1.82, 2.24) is 30.2 Å². The first-order valence-electron chi connectivity index (χ1n) is 14.7. The molecule has 0 radical (unpaired) electrons. The maximum Gasteiger partial charge on any atom is 0.303 e. The van der Waals surface area contributed by atoms with E-state index in [2.05, 4.69) is 10.6 Å². The quantitative estimate of drug-likeness (QED) is 0.103. The second kappa shape index (κ2) is 15.1. The van der Waals surface area contributed by atoms with Gasteiger partial charge in [-0.05, 0) is 25.8 Å². The van der Waals surface area contributed by atoms with Crippen molar-refractivity contribution in [1.29, 1.82) is 0 Å². The van der Waals surface area contributed by atoms with Gasteiger partial charge in [-0.15, -0.1) is 0 Å². The second-order valence-corrected chi connectivity index (χ2v) is 11.0. The molecule has 0 aromatic heterocycles. The van der Waals surface area contributed by atoms with Crippen molar-refractivity contribution in [3.05, 3.63) is 48.6 Å². The Hall–Kier alpha value is -5.58. The summed E-state index contributed by atoms with van der Waals surface area (Å²) in [6.07, 6.45) is 8.05. The number of hydrogen-bond donors (Lipinski definition) is 3. The number of aliphatic carboxylic acids is 1. The number of imide groups is 4. The highest BCUT2D eigenvalue weighted by Gasteiger charge is 2.37. The van der Waals surface area contributed by atoms with Gasteiger partial charge in [0.05, 0.1) is 25.2 Å². The van der Waals surface area contributed by atoms with Gasteiger partial charge in [0.15, 0.2) is 0 Å². The van der Waals surface area contributed by atoms with Crippen LogP contribution in [0.2, 0.25) is 0 Å². The molecule has 3 N–H and O–H groups in total. The number of carbonyl (C=O) groups excluding carboxylic acids is 9. The van der Waals surface area contributed by atoms with Crippen LogP contribution in [-0.4, -0.2) is 128 Å². The lowest BCUT2D eigenvalue weighted by Gasteiger charge is -2.30. The van der Waals surface area contributed by atoms with Crippen molar-refractivity contribution < 1.29 is 53.1 Å². The van der Waals surface area contributed by atoms with Crippen LogP contribution < -0.4 is 10.6 Å². The molecule has 0 bridgehead atoms. The average molecular weight is 653 g/mol. The topological polar surface area (TPSA) is 228 Å². The molecular weight excluding hydrogens is 620 g/mol. The van der Waals surface area contributed by atoms with Gasteiger partial charge < -0.3 is 15.7 Å². The van der Waals surface area contributed by atoms with E-state index in [1.807, 2.05) is 0 Å². The number of amides is 9. The summed E-state index contributed by atoms with van der Waals surface area (Å²) in [6, 6.07) is -2.56. The van der Waals surface area contributed by atoms with Crippen LogP contribution >= 0.6 is 0 Å². The van der Waals surface area contributed by atoms with Crippen molar-refractivity contribution in [3.63, 3.8) is 0 Å². The van der Waals surface area contributed by atoms with Crippen molar-refractivity contribution in [2.75, 3.05) is 26.2 Å². The fourth-order valence-electron chi connectivity index (χ4n) is 5.46. The smallest absolute Gasteiger partial charge is 0.303 e. The van der Waals surface area contributed by atoms with Crippen LogP contribution in [0.15, 0.2) is 48.6 Å². The summed E-state index contributed by atoms with van der Waals surface area (Å²) in [5.74, 6) is -6.57. The van der Waals surface area contributed by atoms with Gasteiger partial charge >= 0.3 is 5.97 Å². The van der Waals surface area contributed by atoms with Gasteiger partial charge in [-0.3, -0.25) is 67.5 Å². The number of nitrogens with one attached hydrogen (secondary N) is 2. The molecular formula is C30H32N6O11. The SMILES string of the molecule is O=C(O)CCC(CNCCC(CN1C(=O)C=CC1=O)N1C(=O)C=CC1=O)NC(=O)CCC(CN1C(=O)C=CC1=O)N1C(=O)C=CC1=O. The molecule has 3 unspecified atom stereocenters. The van der Waals surface area contributed by atoms with Gasteiger partial charge in [-0.25, -0.2) is 0 Å². The highest BCUT2D eigenvalue weighted by molar-refractivity contribution is 6.15. The molecule has 4 rings (SSSR count). The first-order valence-corrected chi connectivity index (χ1v) is 14.7. The molecule has 47 heavy (non-hydrogen) atoms.